The number of ether oxygens (including phenoxy) is 1. The number of phenolic OH excluding ortho intramolecular Hbond substituents is 1. The van der Waals surface area contributed by atoms with E-state index >= 15 is 0 Å². The number of hydrogen-bond acceptors (Lipinski definition) is 7. The van der Waals surface area contributed by atoms with Gasteiger partial charge in [0.05, 0.1) is 29.1 Å². The average Bonchev–Trinajstić information content (AvgIpc) is 3.05. The van der Waals surface area contributed by atoms with Gasteiger partial charge in [0, 0.05) is 17.0 Å². The van der Waals surface area contributed by atoms with Gasteiger partial charge in [-0.3, -0.25) is 0 Å². The maximum Gasteiger partial charge on any atom is 0.434 e. The molecule has 2 heterocycles. The molecule has 0 fully saturated rings. The molecule has 0 spiro atoms. The molecule has 0 aliphatic carbocycles. The van der Waals surface area contributed by atoms with Crippen LogP contribution < -0.4 is 10.5 Å². The Hall–Kier alpha value is -2.88. The molecule has 3 rings (SSSR count). The first-order valence-electron chi connectivity index (χ1n) is 8.23. The van der Waals surface area contributed by atoms with E-state index in [1.54, 1.807) is 13.0 Å². The summed E-state index contributed by atoms with van der Waals surface area (Å²) in [4.78, 5) is 11.6. The summed E-state index contributed by atoms with van der Waals surface area (Å²) in [5.74, 6) is -0.410. The number of aromatic nitrogens is 3. The maximum absolute atomic E-state index is 13.7. The van der Waals surface area contributed by atoms with Crippen LogP contribution in [0.2, 0.25) is 0 Å². The number of phenols is 1. The molecule has 1 aromatic carbocycles. The highest BCUT2D eigenvalue weighted by atomic mass is 32.1. The van der Waals surface area contributed by atoms with Gasteiger partial charge in [-0.1, -0.05) is 6.92 Å². The quantitative estimate of drug-likeness (QED) is 0.660. The number of methoxy groups -OCH3 is 1. The monoisotopic (exact) mass is 410 g/mol. The molecule has 0 saturated heterocycles. The van der Waals surface area contributed by atoms with Crippen LogP contribution in [0.15, 0.2) is 17.5 Å². The Bertz CT molecular complexity index is 1030. The van der Waals surface area contributed by atoms with E-state index in [4.69, 9.17) is 10.5 Å². The molecule has 3 N–H and O–H groups in total. The molecule has 28 heavy (non-hydrogen) atoms. The predicted molar refractivity (Wildman–Crippen MR) is 100 cm³/mol. The maximum atomic E-state index is 13.7. The predicted octanol–water partition coefficient (Wildman–Crippen LogP) is 4.45. The van der Waals surface area contributed by atoms with E-state index in [1.807, 2.05) is 6.92 Å². The lowest BCUT2D eigenvalue weighted by Gasteiger charge is -2.17. The van der Waals surface area contributed by atoms with Crippen LogP contribution in [0.3, 0.4) is 0 Å². The second-order valence-corrected chi connectivity index (χ2v) is 7.00. The third kappa shape index (κ3) is 3.59. The molecule has 2 aromatic heterocycles. The Kier molecular flexibility index (Phi) is 5.16. The minimum atomic E-state index is -4.78. The molecule has 3 aromatic rings. The highest BCUT2D eigenvalue weighted by Gasteiger charge is 2.39. The minimum absolute atomic E-state index is 0.0677. The number of benzene rings is 1. The van der Waals surface area contributed by atoms with E-state index in [0.717, 1.165) is 0 Å². The number of halogens is 3. The molecule has 0 amide bonds. The van der Waals surface area contributed by atoms with Crippen molar-refractivity contribution in [2.45, 2.75) is 26.4 Å². The third-order valence-electron chi connectivity index (χ3n) is 4.10. The molecule has 10 heteroatoms. The lowest BCUT2D eigenvalue weighted by Crippen LogP contribution is -2.14. The molecule has 148 valence electrons. The largest absolute Gasteiger partial charge is 0.507 e. The number of rotatable bonds is 4. The van der Waals surface area contributed by atoms with Gasteiger partial charge < -0.3 is 15.6 Å². The zero-order valence-electron chi connectivity index (χ0n) is 15.3. The van der Waals surface area contributed by atoms with Crippen LogP contribution in [0.25, 0.3) is 22.5 Å². The zero-order valence-corrected chi connectivity index (χ0v) is 16.1. The second-order valence-electron chi connectivity index (χ2n) is 5.94. The number of aromatic hydroxyl groups is 1. The standard InChI is InChI=1S/C18H17F3N4O2S/c1-4-9-5-10(12(26)6-13(9)27-3)15-14(11-7-28-8(2)23-11)16(18(19,20)21)25-17(22)24-15/h5-7,26H,4H2,1-3H3,(H2,22,24,25). The van der Waals surface area contributed by atoms with Crippen molar-refractivity contribution in [3.63, 3.8) is 0 Å². The average molecular weight is 410 g/mol. The van der Waals surface area contributed by atoms with Gasteiger partial charge in [0.1, 0.15) is 11.5 Å². The summed E-state index contributed by atoms with van der Waals surface area (Å²) in [6.45, 7) is 3.54. The van der Waals surface area contributed by atoms with Crippen molar-refractivity contribution in [3.8, 4) is 34.0 Å². The van der Waals surface area contributed by atoms with Crippen molar-refractivity contribution in [3.05, 3.63) is 33.8 Å². The minimum Gasteiger partial charge on any atom is -0.507 e. The number of aryl methyl sites for hydroxylation is 2. The highest BCUT2D eigenvalue weighted by Crippen LogP contribution is 2.44. The number of alkyl halides is 3. The van der Waals surface area contributed by atoms with Crippen LogP contribution in [0.4, 0.5) is 19.1 Å². The molecule has 0 saturated carbocycles. The second kappa shape index (κ2) is 7.27. The Morgan fingerprint density at radius 2 is 1.93 bits per heavy atom. The van der Waals surface area contributed by atoms with Crippen molar-refractivity contribution in [1.82, 2.24) is 15.0 Å². The number of hydrogen-bond donors (Lipinski definition) is 2. The lowest BCUT2D eigenvalue weighted by atomic mass is 9.98. The number of anilines is 1. The Labute approximate surface area is 162 Å². The highest BCUT2D eigenvalue weighted by molar-refractivity contribution is 7.09. The zero-order chi connectivity index (χ0) is 20.6. The van der Waals surface area contributed by atoms with Crippen molar-refractivity contribution in [2.75, 3.05) is 12.8 Å². The van der Waals surface area contributed by atoms with Crippen LogP contribution >= 0.6 is 11.3 Å². The first-order chi connectivity index (χ1) is 13.2. The Balaban J connectivity index is 2.40. The Morgan fingerprint density at radius 3 is 2.46 bits per heavy atom. The summed E-state index contributed by atoms with van der Waals surface area (Å²) >= 11 is 1.20. The summed E-state index contributed by atoms with van der Waals surface area (Å²) in [5, 5.41) is 12.5. The first-order valence-corrected chi connectivity index (χ1v) is 9.11. The number of thiazole rings is 1. The smallest absolute Gasteiger partial charge is 0.434 e. The number of nitrogens with zero attached hydrogens (tertiary/aromatic N) is 3. The molecule has 6 nitrogen and oxygen atoms in total. The van der Waals surface area contributed by atoms with Gasteiger partial charge in [0.15, 0.2) is 5.69 Å². The number of nitrogen functional groups attached to an aromatic ring is 1. The van der Waals surface area contributed by atoms with Crippen molar-refractivity contribution in [2.24, 2.45) is 0 Å². The van der Waals surface area contributed by atoms with Gasteiger partial charge in [-0.15, -0.1) is 11.3 Å². The van der Waals surface area contributed by atoms with Crippen molar-refractivity contribution >= 4 is 17.3 Å². The molecule has 0 bridgehead atoms. The summed E-state index contributed by atoms with van der Waals surface area (Å²) in [6.07, 6.45) is -4.25. The molecule has 0 aliphatic heterocycles. The van der Waals surface area contributed by atoms with Gasteiger partial charge >= 0.3 is 6.18 Å². The van der Waals surface area contributed by atoms with Crippen LogP contribution in [0, 0.1) is 6.92 Å². The van der Waals surface area contributed by atoms with Crippen LogP contribution in [-0.4, -0.2) is 27.2 Å². The molecule has 0 aliphatic rings. The summed E-state index contributed by atoms with van der Waals surface area (Å²) < 4.78 is 46.4. The van der Waals surface area contributed by atoms with Crippen LogP contribution in [-0.2, 0) is 12.6 Å². The molecule has 0 unspecified atom stereocenters. The van der Waals surface area contributed by atoms with Gasteiger partial charge in [-0.25, -0.2) is 15.0 Å². The van der Waals surface area contributed by atoms with Crippen LogP contribution in [0.1, 0.15) is 23.2 Å². The van der Waals surface area contributed by atoms with Crippen LogP contribution in [0.5, 0.6) is 11.5 Å². The SMILES string of the molecule is CCc1cc(-c2nc(N)nc(C(F)(F)F)c2-c2csc(C)n2)c(O)cc1OC. The normalized spacial score (nSPS) is 11.6. The molecular weight excluding hydrogens is 393 g/mol. The van der Waals surface area contributed by atoms with E-state index < -0.39 is 17.8 Å². The van der Waals surface area contributed by atoms with Gasteiger partial charge in [-0.2, -0.15) is 13.2 Å². The van der Waals surface area contributed by atoms with E-state index in [9.17, 15) is 18.3 Å². The fourth-order valence-electron chi connectivity index (χ4n) is 2.87. The van der Waals surface area contributed by atoms with Crippen molar-refractivity contribution in [1.29, 1.82) is 0 Å². The summed E-state index contributed by atoms with van der Waals surface area (Å²) in [6, 6.07) is 2.88. The third-order valence-corrected chi connectivity index (χ3v) is 4.88. The molecular formula is C18H17F3N4O2S. The fourth-order valence-corrected chi connectivity index (χ4v) is 3.47. The summed E-state index contributed by atoms with van der Waals surface area (Å²) in [5.41, 5.74) is 4.77. The summed E-state index contributed by atoms with van der Waals surface area (Å²) in [7, 11) is 1.45. The lowest BCUT2D eigenvalue weighted by molar-refractivity contribution is -0.140. The fraction of sp³-hybridized carbons (Fsp3) is 0.278. The van der Waals surface area contributed by atoms with Gasteiger partial charge in [0.2, 0.25) is 5.95 Å². The van der Waals surface area contributed by atoms with Gasteiger partial charge in [0.25, 0.3) is 0 Å². The first kappa shape index (κ1) is 19.9. The molecule has 0 atom stereocenters. The molecule has 0 radical (unpaired) electrons. The van der Waals surface area contributed by atoms with E-state index in [0.29, 0.717) is 22.7 Å². The van der Waals surface area contributed by atoms with Gasteiger partial charge in [-0.05, 0) is 25.0 Å². The Morgan fingerprint density at radius 1 is 1.21 bits per heavy atom. The van der Waals surface area contributed by atoms with Crippen molar-refractivity contribution < 1.29 is 23.0 Å². The number of nitrogens with two attached hydrogens (primary N) is 1. The topological polar surface area (TPSA) is 94.2 Å². The van der Waals surface area contributed by atoms with E-state index in [2.05, 4.69) is 15.0 Å². The van der Waals surface area contributed by atoms with E-state index in [-0.39, 0.29) is 28.3 Å². The van der Waals surface area contributed by atoms with E-state index in [1.165, 1.54) is 29.9 Å².